The smallest absolute Gasteiger partial charge is 0.328 e. The Morgan fingerprint density at radius 3 is 2.90 bits per heavy atom. The largest absolute Gasteiger partial charge is 0.497 e. The molecule has 0 bridgehead atoms. The second kappa shape index (κ2) is 7.50. The average Bonchev–Trinajstić information content (AvgIpc) is 2.99. The van der Waals surface area contributed by atoms with Crippen molar-refractivity contribution in [2.75, 3.05) is 13.7 Å². The summed E-state index contributed by atoms with van der Waals surface area (Å²) in [5, 5.41) is 12.8. The molecule has 0 saturated carbocycles. The van der Waals surface area contributed by atoms with Crippen molar-refractivity contribution in [1.82, 2.24) is 0 Å². The SMILES string of the molecule is COc1ccc(C=CC(=O)O)c(OCCc2ccsc2)c1. The number of ether oxygens (including phenoxy) is 2. The van der Waals surface area contributed by atoms with Gasteiger partial charge in [-0.15, -0.1) is 0 Å². The lowest BCUT2D eigenvalue weighted by Gasteiger charge is -2.10. The Balaban J connectivity index is 2.08. The molecule has 21 heavy (non-hydrogen) atoms. The Labute approximate surface area is 127 Å². The Morgan fingerprint density at radius 2 is 2.24 bits per heavy atom. The molecule has 5 heteroatoms. The molecule has 0 unspecified atom stereocenters. The number of carbonyl (C=O) groups is 1. The number of hydrogen-bond acceptors (Lipinski definition) is 4. The van der Waals surface area contributed by atoms with Gasteiger partial charge < -0.3 is 14.6 Å². The van der Waals surface area contributed by atoms with Crippen molar-refractivity contribution in [3.05, 3.63) is 52.2 Å². The molecule has 2 aromatic rings. The van der Waals surface area contributed by atoms with Crippen molar-refractivity contribution >= 4 is 23.4 Å². The fourth-order valence-corrected chi connectivity index (χ4v) is 2.48. The van der Waals surface area contributed by atoms with Crippen LogP contribution in [0.1, 0.15) is 11.1 Å². The van der Waals surface area contributed by atoms with Crippen molar-refractivity contribution in [1.29, 1.82) is 0 Å². The quantitative estimate of drug-likeness (QED) is 0.796. The first kappa shape index (κ1) is 15.1. The van der Waals surface area contributed by atoms with Gasteiger partial charge in [0.15, 0.2) is 0 Å². The van der Waals surface area contributed by atoms with Crippen LogP contribution in [0.25, 0.3) is 6.08 Å². The Kier molecular flexibility index (Phi) is 5.40. The number of aliphatic carboxylic acids is 1. The summed E-state index contributed by atoms with van der Waals surface area (Å²) in [7, 11) is 1.58. The Morgan fingerprint density at radius 1 is 1.38 bits per heavy atom. The van der Waals surface area contributed by atoms with Crippen LogP contribution in [-0.2, 0) is 11.2 Å². The average molecular weight is 304 g/mol. The maximum absolute atomic E-state index is 10.6. The van der Waals surface area contributed by atoms with E-state index in [1.54, 1.807) is 36.6 Å². The van der Waals surface area contributed by atoms with Gasteiger partial charge in [-0.2, -0.15) is 11.3 Å². The number of rotatable bonds is 7. The van der Waals surface area contributed by atoms with E-state index in [9.17, 15) is 4.79 Å². The van der Waals surface area contributed by atoms with Crippen molar-refractivity contribution in [3.63, 3.8) is 0 Å². The van der Waals surface area contributed by atoms with Crippen LogP contribution in [0.3, 0.4) is 0 Å². The van der Waals surface area contributed by atoms with Gasteiger partial charge in [0.05, 0.1) is 13.7 Å². The molecule has 0 aliphatic carbocycles. The van der Waals surface area contributed by atoms with Crippen LogP contribution in [0, 0.1) is 0 Å². The zero-order chi connectivity index (χ0) is 15.1. The Hall–Kier alpha value is -2.27. The molecule has 0 spiro atoms. The molecule has 0 fully saturated rings. The molecule has 1 aromatic carbocycles. The van der Waals surface area contributed by atoms with Crippen molar-refractivity contribution in [3.8, 4) is 11.5 Å². The maximum Gasteiger partial charge on any atom is 0.328 e. The Bertz CT molecular complexity index is 617. The first-order valence-electron chi connectivity index (χ1n) is 6.42. The molecule has 110 valence electrons. The first-order chi connectivity index (χ1) is 10.2. The molecule has 0 amide bonds. The van der Waals surface area contributed by atoms with Crippen LogP contribution in [0.2, 0.25) is 0 Å². The number of benzene rings is 1. The molecule has 0 aliphatic heterocycles. The van der Waals surface area contributed by atoms with Crippen LogP contribution in [0.15, 0.2) is 41.1 Å². The van der Waals surface area contributed by atoms with Crippen LogP contribution in [0.5, 0.6) is 11.5 Å². The molecule has 4 nitrogen and oxygen atoms in total. The van der Waals surface area contributed by atoms with E-state index < -0.39 is 5.97 Å². The molecule has 1 N–H and O–H groups in total. The number of methoxy groups -OCH3 is 1. The highest BCUT2D eigenvalue weighted by Gasteiger charge is 2.05. The van der Waals surface area contributed by atoms with Crippen LogP contribution in [0.4, 0.5) is 0 Å². The van der Waals surface area contributed by atoms with Crippen molar-refractivity contribution in [2.24, 2.45) is 0 Å². The number of thiophene rings is 1. The van der Waals surface area contributed by atoms with Crippen LogP contribution in [-0.4, -0.2) is 24.8 Å². The van der Waals surface area contributed by atoms with Crippen molar-refractivity contribution < 1.29 is 19.4 Å². The van der Waals surface area contributed by atoms with Gasteiger partial charge in [-0.3, -0.25) is 0 Å². The minimum absolute atomic E-state index is 0.526. The highest BCUT2D eigenvalue weighted by molar-refractivity contribution is 7.07. The third kappa shape index (κ3) is 4.65. The van der Waals surface area contributed by atoms with Gasteiger partial charge >= 0.3 is 5.97 Å². The zero-order valence-electron chi connectivity index (χ0n) is 11.6. The standard InChI is InChI=1S/C16H16O4S/c1-19-14-4-2-13(3-5-16(17)18)15(10-14)20-8-6-12-7-9-21-11-12/h2-5,7,9-11H,6,8H2,1H3,(H,17,18). The minimum atomic E-state index is -0.991. The summed E-state index contributed by atoms with van der Waals surface area (Å²) in [4.78, 5) is 10.6. The molecule has 0 aliphatic rings. The summed E-state index contributed by atoms with van der Waals surface area (Å²) in [6.45, 7) is 0.526. The summed E-state index contributed by atoms with van der Waals surface area (Å²) >= 11 is 1.65. The van der Waals surface area contributed by atoms with E-state index in [2.05, 4.69) is 11.4 Å². The van der Waals surface area contributed by atoms with Gasteiger partial charge in [0.1, 0.15) is 11.5 Å². The van der Waals surface area contributed by atoms with Crippen LogP contribution < -0.4 is 9.47 Å². The monoisotopic (exact) mass is 304 g/mol. The first-order valence-corrected chi connectivity index (χ1v) is 7.36. The van der Waals surface area contributed by atoms with Crippen LogP contribution >= 0.6 is 11.3 Å². The summed E-state index contributed by atoms with van der Waals surface area (Å²) in [5.74, 6) is 0.296. The fourth-order valence-electron chi connectivity index (χ4n) is 1.78. The number of carboxylic acids is 1. The summed E-state index contributed by atoms with van der Waals surface area (Å²) in [5.41, 5.74) is 1.94. The summed E-state index contributed by atoms with van der Waals surface area (Å²) in [6, 6.07) is 7.37. The van der Waals surface area contributed by atoms with E-state index in [1.807, 2.05) is 5.38 Å². The molecular formula is C16H16O4S. The third-order valence-corrected chi connectivity index (χ3v) is 3.59. The third-order valence-electron chi connectivity index (χ3n) is 2.85. The lowest BCUT2D eigenvalue weighted by molar-refractivity contribution is -0.131. The maximum atomic E-state index is 10.6. The number of carboxylic acid groups (broad SMARTS) is 1. The predicted octanol–water partition coefficient (Wildman–Crippen LogP) is 3.48. The van der Waals surface area contributed by atoms with E-state index >= 15 is 0 Å². The second-order valence-electron chi connectivity index (χ2n) is 4.31. The topological polar surface area (TPSA) is 55.8 Å². The molecule has 1 aromatic heterocycles. The van der Waals surface area contributed by atoms with Gasteiger partial charge in [-0.05, 0) is 40.6 Å². The second-order valence-corrected chi connectivity index (χ2v) is 5.09. The van der Waals surface area contributed by atoms with Gasteiger partial charge in [-0.1, -0.05) is 0 Å². The zero-order valence-corrected chi connectivity index (χ0v) is 12.4. The van der Waals surface area contributed by atoms with Gasteiger partial charge in [-0.25, -0.2) is 4.79 Å². The normalized spacial score (nSPS) is 10.7. The van der Waals surface area contributed by atoms with E-state index in [1.165, 1.54) is 11.6 Å². The molecule has 2 rings (SSSR count). The fraction of sp³-hybridized carbons (Fsp3) is 0.188. The van der Waals surface area contributed by atoms with Crippen molar-refractivity contribution in [2.45, 2.75) is 6.42 Å². The lowest BCUT2D eigenvalue weighted by Crippen LogP contribution is -2.02. The summed E-state index contributed by atoms with van der Waals surface area (Å²) < 4.78 is 10.9. The number of hydrogen-bond donors (Lipinski definition) is 1. The molecule has 0 radical (unpaired) electrons. The van der Waals surface area contributed by atoms with E-state index in [0.29, 0.717) is 23.7 Å². The molecule has 0 saturated heterocycles. The lowest BCUT2D eigenvalue weighted by atomic mass is 10.1. The predicted molar refractivity (Wildman–Crippen MR) is 83.2 cm³/mol. The van der Waals surface area contributed by atoms with Gasteiger partial charge in [0.25, 0.3) is 0 Å². The highest BCUT2D eigenvalue weighted by Crippen LogP contribution is 2.26. The molecule has 1 heterocycles. The van der Waals surface area contributed by atoms with E-state index in [0.717, 1.165) is 12.5 Å². The molecular weight excluding hydrogens is 288 g/mol. The van der Waals surface area contributed by atoms with Gasteiger partial charge in [0, 0.05) is 24.1 Å². The summed E-state index contributed by atoms with van der Waals surface area (Å²) in [6.07, 6.45) is 3.41. The minimum Gasteiger partial charge on any atom is -0.497 e. The molecule has 0 atom stereocenters. The van der Waals surface area contributed by atoms with Gasteiger partial charge in [0.2, 0.25) is 0 Å². The highest BCUT2D eigenvalue weighted by atomic mass is 32.1. The van der Waals surface area contributed by atoms with E-state index in [-0.39, 0.29) is 0 Å². The van der Waals surface area contributed by atoms with E-state index in [4.69, 9.17) is 14.6 Å².